The van der Waals surface area contributed by atoms with E-state index >= 15 is 0 Å². The van der Waals surface area contributed by atoms with Crippen molar-refractivity contribution in [3.05, 3.63) is 35.0 Å². The van der Waals surface area contributed by atoms with Gasteiger partial charge in [0.25, 0.3) is 0 Å². The molecule has 20 heavy (non-hydrogen) atoms. The number of nitrogens with two attached hydrogens (primary N) is 1. The van der Waals surface area contributed by atoms with Crippen LogP contribution in [0.5, 0.6) is 11.5 Å². The van der Waals surface area contributed by atoms with Gasteiger partial charge in [-0.2, -0.15) is 0 Å². The van der Waals surface area contributed by atoms with E-state index in [9.17, 15) is 0 Å². The Morgan fingerprint density at radius 2 is 1.90 bits per heavy atom. The van der Waals surface area contributed by atoms with Gasteiger partial charge in [-0.1, -0.05) is 11.6 Å². The highest BCUT2D eigenvalue weighted by Gasteiger charge is 2.12. The van der Waals surface area contributed by atoms with Crippen molar-refractivity contribution in [3.63, 3.8) is 0 Å². The van der Waals surface area contributed by atoms with Crippen LogP contribution in [-0.4, -0.2) is 19.2 Å². The zero-order valence-corrected chi connectivity index (χ0v) is 12.3. The SMILES string of the molecule is COc1cc(OC)c(Nc2nccc(C)c2N)cc1Cl. The molecule has 0 aliphatic carbocycles. The molecule has 5 nitrogen and oxygen atoms in total. The maximum Gasteiger partial charge on any atom is 0.153 e. The van der Waals surface area contributed by atoms with E-state index in [2.05, 4.69) is 10.3 Å². The quantitative estimate of drug-likeness (QED) is 0.904. The summed E-state index contributed by atoms with van der Waals surface area (Å²) in [4.78, 5) is 4.22. The molecule has 0 amide bonds. The van der Waals surface area contributed by atoms with Gasteiger partial charge < -0.3 is 20.5 Å². The first-order valence-corrected chi connectivity index (χ1v) is 6.34. The molecule has 2 aromatic rings. The topological polar surface area (TPSA) is 69.4 Å². The highest BCUT2D eigenvalue weighted by molar-refractivity contribution is 6.32. The molecule has 3 N–H and O–H groups in total. The second-order valence-electron chi connectivity index (χ2n) is 4.20. The van der Waals surface area contributed by atoms with Gasteiger partial charge in [0, 0.05) is 12.3 Å². The summed E-state index contributed by atoms with van der Waals surface area (Å²) in [6.45, 7) is 1.92. The number of pyridine rings is 1. The van der Waals surface area contributed by atoms with E-state index in [0.29, 0.717) is 33.7 Å². The Hall–Kier alpha value is -2.14. The summed E-state index contributed by atoms with van der Waals surface area (Å²) < 4.78 is 10.5. The average Bonchev–Trinajstić information content (AvgIpc) is 2.44. The summed E-state index contributed by atoms with van der Waals surface area (Å²) in [7, 11) is 3.12. The fourth-order valence-electron chi connectivity index (χ4n) is 1.75. The molecule has 2 rings (SSSR count). The Morgan fingerprint density at radius 1 is 1.20 bits per heavy atom. The van der Waals surface area contributed by atoms with Crippen LogP contribution in [0.1, 0.15) is 5.56 Å². The lowest BCUT2D eigenvalue weighted by Gasteiger charge is -2.15. The minimum Gasteiger partial charge on any atom is -0.495 e. The van der Waals surface area contributed by atoms with Crippen LogP contribution in [0.15, 0.2) is 24.4 Å². The largest absolute Gasteiger partial charge is 0.495 e. The maximum absolute atomic E-state index is 6.12. The van der Waals surface area contributed by atoms with Crippen LogP contribution in [0.25, 0.3) is 0 Å². The number of halogens is 1. The molecule has 0 spiro atoms. The molecule has 1 aromatic carbocycles. The first-order valence-electron chi connectivity index (χ1n) is 5.96. The molecule has 106 valence electrons. The maximum atomic E-state index is 6.12. The Morgan fingerprint density at radius 3 is 2.55 bits per heavy atom. The summed E-state index contributed by atoms with van der Waals surface area (Å²) in [5.74, 6) is 1.69. The number of hydrogen-bond donors (Lipinski definition) is 2. The van der Waals surface area contributed by atoms with Crippen molar-refractivity contribution >= 4 is 28.8 Å². The Kier molecular flexibility index (Phi) is 4.20. The van der Waals surface area contributed by atoms with Crippen LogP contribution in [0.2, 0.25) is 5.02 Å². The van der Waals surface area contributed by atoms with Gasteiger partial charge in [-0.3, -0.25) is 0 Å². The van der Waals surface area contributed by atoms with Crippen molar-refractivity contribution in [3.8, 4) is 11.5 Å². The molecule has 6 heteroatoms. The van der Waals surface area contributed by atoms with Gasteiger partial charge in [0.2, 0.25) is 0 Å². The number of nitrogens with one attached hydrogen (secondary N) is 1. The molecule has 0 radical (unpaired) electrons. The van der Waals surface area contributed by atoms with E-state index < -0.39 is 0 Å². The zero-order chi connectivity index (χ0) is 14.7. The van der Waals surface area contributed by atoms with E-state index in [-0.39, 0.29) is 0 Å². The van der Waals surface area contributed by atoms with Crippen molar-refractivity contribution in [2.75, 3.05) is 25.3 Å². The molecule has 0 saturated carbocycles. The standard InChI is InChI=1S/C14H16ClN3O2/c1-8-4-5-17-14(13(8)16)18-10-6-9(15)11(19-2)7-12(10)20-3/h4-7H,16H2,1-3H3,(H,17,18). The number of hydrogen-bond acceptors (Lipinski definition) is 5. The van der Waals surface area contributed by atoms with Gasteiger partial charge in [-0.05, 0) is 24.6 Å². The normalized spacial score (nSPS) is 10.2. The van der Waals surface area contributed by atoms with Crippen molar-refractivity contribution in [1.29, 1.82) is 0 Å². The summed E-state index contributed by atoms with van der Waals surface area (Å²) >= 11 is 6.12. The number of benzene rings is 1. The Labute approximate surface area is 122 Å². The number of nitrogens with zero attached hydrogens (tertiary/aromatic N) is 1. The fraction of sp³-hybridized carbons (Fsp3) is 0.214. The van der Waals surface area contributed by atoms with Crippen LogP contribution >= 0.6 is 11.6 Å². The molecule has 0 atom stereocenters. The van der Waals surface area contributed by atoms with Gasteiger partial charge in [-0.15, -0.1) is 0 Å². The minimum atomic E-state index is 0.474. The highest BCUT2D eigenvalue weighted by atomic mass is 35.5. The smallest absolute Gasteiger partial charge is 0.153 e. The fourth-order valence-corrected chi connectivity index (χ4v) is 2.00. The summed E-state index contributed by atoms with van der Waals surface area (Å²) in [5.41, 5.74) is 8.19. The van der Waals surface area contributed by atoms with Crippen molar-refractivity contribution in [2.45, 2.75) is 6.92 Å². The van der Waals surface area contributed by atoms with Gasteiger partial charge in [-0.25, -0.2) is 4.98 Å². The highest BCUT2D eigenvalue weighted by Crippen LogP contribution is 2.37. The third kappa shape index (κ3) is 2.72. The first-order chi connectivity index (χ1) is 9.56. The van der Waals surface area contributed by atoms with E-state index in [1.54, 1.807) is 32.5 Å². The number of aromatic nitrogens is 1. The van der Waals surface area contributed by atoms with Crippen LogP contribution in [0.3, 0.4) is 0 Å². The predicted octanol–water partition coefficient (Wildman–Crippen LogP) is 3.39. The van der Waals surface area contributed by atoms with Crippen molar-refractivity contribution < 1.29 is 9.47 Å². The molecule has 0 aliphatic rings. The number of rotatable bonds is 4. The second kappa shape index (κ2) is 5.88. The van der Waals surface area contributed by atoms with E-state index in [1.165, 1.54) is 0 Å². The lowest BCUT2D eigenvalue weighted by molar-refractivity contribution is 0.396. The number of methoxy groups -OCH3 is 2. The van der Waals surface area contributed by atoms with Crippen LogP contribution in [0, 0.1) is 6.92 Å². The summed E-state index contributed by atoms with van der Waals surface area (Å²) in [6.07, 6.45) is 1.69. The van der Waals surface area contributed by atoms with E-state index in [1.807, 2.05) is 13.0 Å². The Balaban J connectivity index is 2.42. The average molecular weight is 294 g/mol. The number of aryl methyl sites for hydroxylation is 1. The summed E-state index contributed by atoms with van der Waals surface area (Å²) in [6, 6.07) is 5.26. The summed E-state index contributed by atoms with van der Waals surface area (Å²) in [5, 5.41) is 3.60. The van der Waals surface area contributed by atoms with Gasteiger partial charge in [0.1, 0.15) is 11.5 Å². The molecule has 1 heterocycles. The lowest BCUT2D eigenvalue weighted by atomic mass is 10.2. The molecule has 1 aromatic heterocycles. The first kappa shape index (κ1) is 14.3. The molecular formula is C14H16ClN3O2. The van der Waals surface area contributed by atoms with Gasteiger partial charge in [0.15, 0.2) is 5.82 Å². The van der Waals surface area contributed by atoms with Crippen molar-refractivity contribution in [2.24, 2.45) is 0 Å². The third-order valence-electron chi connectivity index (χ3n) is 2.94. The van der Waals surface area contributed by atoms with Crippen LogP contribution in [0.4, 0.5) is 17.2 Å². The molecule has 0 bridgehead atoms. The molecular weight excluding hydrogens is 278 g/mol. The lowest BCUT2D eigenvalue weighted by Crippen LogP contribution is -2.02. The zero-order valence-electron chi connectivity index (χ0n) is 11.5. The van der Waals surface area contributed by atoms with E-state index in [0.717, 1.165) is 5.56 Å². The van der Waals surface area contributed by atoms with Crippen LogP contribution in [-0.2, 0) is 0 Å². The number of anilines is 3. The number of nitrogen functional groups attached to an aromatic ring is 1. The molecule has 0 saturated heterocycles. The molecule has 0 fully saturated rings. The van der Waals surface area contributed by atoms with Gasteiger partial charge >= 0.3 is 0 Å². The predicted molar refractivity (Wildman–Crippen MR) is 81.2 cm³/mol. The number of ether oxygens (including phenoxy) is 2. The van der Waals surface area contributed by atoms with Crippen molar-refractivity contribution in [1.82, 2.24) is 4.98 Å². The van der Waals surface area contributed by atoms with Crippen LogP contribution < -0.4 is 20.5 Å². The third-order valence-corrected chi connectivity index (χ3v) is 3.23. The second-order valence-corrected chi connectivity index (χ2v) is 4.61. The monoisotopic (exact) mass is 293 g/mol. The molecule has 0 aliphatic heterocycles. The minimum absolute atomic E-state index is 0.474. The molecule has 0 unspecified atom stereocenters. The van der Waals surface area contributed by atoms with E-state index in [4.69, 9.17) is 26.8 Å². The Bertz CT molecular complexity index is 632. The van der Waals surface area contributed by atoms with Gasteiger partial charge in [0.05, 0.1) is 30.6 Å².